The molecule has 10 heteroatoms. The average molecular weight is 365 g/mol. The number of nitro benzene ring substituents is 1. The second-order valence-corrected chi connectivity index (χ2v) is 7.88. The molecular formula is C15H19N5O4S. The number of rotatable bonds is 5. The Hall–Kier alpha value is -2.46. The van der Waals surface area contributed by atoms with Gasteiger partial charge in [0.2, 0.25) is 10.0 Å². The zero-order chi connectivity index (χ0) is 18.2. The Kier molecular flexibility index (Phi) is 4.48. The number of anilines is 1. The van der Waals surface area contributed by atoms with E-state index in [0.29, 0.717) is 24.7 Å². The van der Waals surface area contributed by atoms with Crippen molar-refractivity contribution in [3.8, 4) is 0 Å². The maximum absolute atomic E-state index is 11.6. The summed E-state index contributed by atoms with van der Waals surface area (Å²) in [4.78, 5) is 12.2. The first kappa shape index (κ1) is 17.4. The van der Waals surface area contributed by atoms with Crippen molar-refractivity contribution in [2.45, 2.75) is 17.7 Å². The van der Waals surface area contributed by atoms with Crippen molar-refractivity contribution in [1.29, 1.82) is 0 Å². The van der Waals surface area contributed by atoms with Crippen LogP contribution in [0.15, 0.2) is 35.5 Å². The highest BCUT2D eigenvalue weighted by Crippen LogP contribution is 2.31. The van der Waals surface area contributed by atoms with Gasteiger partial charge in [0.25, 0.3) is 5.69 Å². The van der Waals surface area contributed by atoms with E-state index in [1.54, 1.807) is 4.68 Å². The Morgan fingerprint density at radius 3 is 2.76 bits per heavy atom. The van der Waals surface area contributed by atoms with Gasteiger partial charge in [-0.1, -0.05) is 0 Å². The topological polar surface area (TPSA) is 124 Å². The lowest BCUT2D eigenvalue weighted by molar-refractivity contribution is -0.385. The minimum Gasteiger partial charge on any atom is -0.371 e. The maximum Gasteiger partial charge on any atom is 0.272 e. The molecular weight excluding hydrogens is 346 g/mol. The smallest absolute Gasteiger partial charge is 0.272 e. The molecule has 1 aliphatic rings. The zero-order valence-electron chi connectivity index (χ0n) is 13.7. The monoisotopic (exact) mass is 365 g/mol. The molecule has 1 atom stereocenters. The molecule has 1 aromatic carbocycles. The normalized spacial score (nSPS) is 17.8. The van der Waals surface area contributed by atoms with E-state index in [9.17, 15) is 18.5 Å². The van der Waals surface area contributed by atoms with E-state index in [0.717, 1.165) is 24.5 Å². The van der Waals surface area contributed by atoms with Crippen molar-refractivity contribution in [1.82, 2.24) is 9.78 Å². The number of hydrogen-bond acceptors (Lipinski definition) is 6. The van der Waals surface area contributed by atoms with Gasteiger partial charge >= 0.3 is 0 Å². The Morgan fingerprint density at radius 2 is 2.16 bits per heavy atom. The molecule has 25 heavy (non-hydrogen) atoms. The standard InChI is InChI=1S/C15H19N5O4S/c1-18-9-12(8-17-18)4-11-2-3-19(10-11)13-5-14(20(21)22)7-15(6-13)25(16,23)24/h5-9,11H,2-4,10H2,1H3,(H2,16,23,24). The highest BCUT2D eigenvalue weighted by molar-refractivity contribution is 7.89. The van der Waals surface area contributed by atoms with Gasteiger partial charge in [-0.2, -0.15) is 5.10 Å². The predicted octanol–water partition coefficient (Wildman–Crippen LogP) is 1.04. The Morgan fingerprint density at radius 1 is 1.40 bits per heavy atom. The fourth-order valence-corrected chi connectivity index (χ4v) is 3.73. The van der Waals surface area contributed by atoms with E-state index in [-0.39, 0.29) is 10.6 Å². The average Bonchev–Trinajstić information content (AvgIpc) is 3.15. The molecule has 1 aromatic heterocycles. The van der Waals surface area contributed by atoms with Crippen molar-refractivity contribution < 1.29 is 13.3 Å². The zero-order valence-corrected chi connectivity index (χ0v) is 14.5. The molecule has 0 radical (unpaired) electrons. The number of hydrogen-bond donors (Lipinski definition) is 1. The Bertz CT molecular complexity index is 908. The van der Waals surface area contributed by atoms with Crippen LogP contribution in [0.3, 0.4) is 0 Å². The van der Waals surface area contributed by atoms with Crippen molar-refractivity contribution in [3.63, 3.8) is 0 Å². The summed E-state index contributed by atoms with van der Waals surface area (Å²) in [6.07, 6.45) is 5.58. The van der Waals surface area contributed by atoms with Crippen LogP contribution in [0.2, 0.25) is 0 Å². The van der Waals surface area contributed by atoms with Crippen LogP contribution in [0.5, 0.6) is 0 Å². The minimum atomic E-state index is -4.01. The molecule has 0 spiro atoms. The van der Waals surface area contributed by atoms with E-state index in [4.69, 9.17) is 5.14 Å². The number of non-ortho nitro benzene ring substituents is 1. The van der Waals surface area contributed by atoms with Crippen LogP contribution in [-0.2, 0) is 23.5 Å². The van der Waals surface area contributed by atoms with Gasteiger partial charge < -0.3 is 4.90 Å². The summed E-state index contributed by atoms with van der Waals surface area (Å²) in [7, 11) is -2.15. The van der Waals surface area contributed by atoms with Crippen LogP contribution in [0, 0.1) is 16.0 Å². The highest BCUT2D eigenvalue weighted by Gasteiger charge is 2.26. The van der Waals surface area contributed by atoms with Crippen molar-refractivity contribution in [2.75, 3.05) is 18.0 Å². The summed E-state index contributed by atoms with van der Waals surface area (Å²) in [6.45, 7) is 1.40. The third kappa shape index (κ3) is 3.97. The quantitative estimate of drug-likeness (QED) is 0.623. The summed E-state index contributed by atoms with van der Waals surface area (Å²) in [5, 5.41) is 20.4. The molecule has 2 heterocycles. The number of primary sulfonamides is 1. The summed E-state index contributed by atoms with van der Waals surface area (Å²) >= 11 is 0. The molecule has 2 aromatic rings. The minimum absolute atomic E-state index is 0.243. The van der Waals surface area contributed by atoms with Crippen LogP contribution < -0.4 is 10.0 Å². The summed E-state index contributed by atoms with van der Waals surface area (Å²) in [5.41, 5.74) is 1.36. The molecule has 0 amide bonds. The molecule has 0 saturated carbocycles. The van der Waals surface area contributed by atoms with Gasteiger partial charge in [-0.25, -0.2) is 13.6 Å². The van der Waals surface area contributed by atoms with Gasteiger partial charge in [0.15, 0.2) is 0 Å². The number of nitrogens with two attached hydrogens (primary N) is 1. The largest absolute Gasteiger partial charge is 0.371 e. The van der Waals surface area contributed by atoms with Crippen LogP contribution in [0.1, 0.15) is 12.0 Å². The molecule has 9 nitrogen and oxygen atoms in total. The molecule has 1 aliphatic heterocycles. The van der Waals surface area contributed by atoms with Crippen LogP contribution in [-0.4, -0.2) is 36.2 Å². The molecule has 134 valence electrons. The Labute approximate surface area is 145 Å². The first-order chi connectivity index (χ1) is 11.7. The molecule has 2 N–H and O–H groups in total. The second-order valence-electron chi connectivity index (χ2n) is 6.31. The number of nitro groups is 1. The van der Waals surface area contributed by atoms with Gasteiger partial charge in [-0.15, -0.1) is 0 Å². The molecule has 1 unspecified atom stereocenters. The second kappa shape index (κ2) is 6.45. The summed E-state index contributed by atoms with van der Waals surface area (Å²) in [5.74, 6) is 0.376. The van der Waals surface area contributed by atoms with E-state index < -0.39 is 14.9 Å². The fraction of sp³-hybridized carbons (Fsp3) is 0.400. The van der Waals surface area contributed by atoms with Crippen molar-refractivity contribution in [3.05, 3.63) is 46.3 Å². The summed E-state index contributed by atoms with van der Waals surface area (Å²) in [6, 6.07) is 3.78. The molecule has 1 saturated heterocycles. The first-order valence-corrected chi connectivity index (χ1v) is 9.32. The van der Waals surface area contributed by atoms with Crippen LogP contribution in [0.4, 0.5) is 11.4 Å². The number of aryl methyl sites for hydroxylation is 1. The van der Waals surface area contributed by atoms with Crippen molar-refractivity contribution in [2.24, 2.45) is 18.1 Å². The van der Waals surface area contributed by atoms with Gasteiger partial charge in [0, 0.05) is 44.2 Å². The third-order valence-electron chi connectivity index (χ3n) is 4.35. The lowest BCUT2D eigenvalue weighted by Gasteiger charge is -2.19. The van der Waals surface area contributed by atoms with Gasteiger partial charge in [0.05, 0.1) is 16.0 Å². The SMILES string of the molecule is Cn1cc(CC2CCN(c3cc([N+](=O)[O-])cc(S(N)(=O)=O)c3)C2)cn1. The van der Waals surface area contributed by atoms with Gasteiger partial charge in [-0.3, -0.25) is 14.8 Å². The predicted molar refractivity (Wildman–Crippen MR) is 91.7 cm³/mol. The molecule has 0 bridgehead atoms. The number of aromatic nitrogens is 2. The van der Waals surface area contributed by atoms with E-state index in [2.05, 4.69) is 5.10 Å². The molecule has 3 rings (SSSR count). The number of sulfonamides is 1. The van der Waals surface area contributed by atoms with E-state index in [1.807, 2.05) is 24.3 Å². The number of nitrogens with zero attached hydrogens (tertiary/aromatic N) is 4. The van der Waals surface area contributed by atoms with Gasteiger partial charge in [-0.05, 0) is 30.4 Å². The maximum atomic E-state index is 11.6. The first-order valence-electron chi connectivity index (χ1n) is 7.77. The highest BCUT2D eigenvalue weighted by atomic mass is 32.2. The lowest BCUT2D eigenvalue weighted by Crippen LogP contribution is -2.21. The lowest BCUT2D eigenvalue weighted by atomic mass is 10.0. The third-order valence-corrected chi connectivity index (χ3v) is 5.24. The van der Waals surface area contributed by atoms with Crippen LogP contribution >= 0.6 is 0 Å². The molecule has 1 fully saturated rings. The van der Waals surface area contributed by atoms with Gasteiger partial charge in [0.1, 0.15) is 0 Å². The summed E-state index contributed by atoms with van der Waals surface area (Å²) < 4.78 is 25.0. The number of benzene rings is 1. The van der Waals surface area contributed by atoms with E-state index in [1.165, 1.54) is 12.1 Å². The van der Waals surface area contributed by atoms with E-state index >= 15 is 0 Å². The Balaban J connectivity index is 1.82. The van der Waals surface area contributed by atoms with Crippen molar-refractivity contribution >= 4 is 21.4 Å². The fourth-order valence-electron chi connectivity index (χ4n) is 3.16. The van der Waals surface area contributed by atoms with Crippen LogP contribution in [0.25, 0.3) is 0 Å². The molecule has 0 aliphatic carbocycles.